The second-order valence-corrected chi connectivity index (χ2v) is 5.05. The smallest absolute Gasteiger partial charge is 0.145 e. The molecule has 7 nitrogen and oxygen atoms in total. The number of hydrogen-bond donors (Lipinski definition) is 3. The number of aromatic nitrogens is 2. The van der Waals surface area contributed by atoms with Crippen molar-refractivity contribution in [1.29, 1.82) is 0 Å². The number of nitrogen functional groups attached to an aromatic ring is 1. The molecule has 0 radical (unpaired) electrons. The molecule has 1 fully saturated rings. The first-order chi connectivity index (χ1) is 10.8. The Morgan fingerprint density at radius 3 is 2.95 bits per heavy atom. The number of benzene rings is 1. The SMILES string of the molecule is COc1cccc(OC[C@@H]2CNCCO2)c1-c1cc(N)n[nH]1. The molecule has 0 bridgehead atoms. The van der Waals surface area contributed by atoms with E-state index in [0.717, 1.165) is 24.3 Å². The molecule has 1 aliphatic heterocycles. The lowest BCUT2D eigenvalue weighted by Gasteiger charge is -2.24. The van der Waals surface area contributed by atoms with Crippen LogP contribution in [0.5, 0.6) is 11.5 Å². The number of aromatic amines is 1. The molecule has 3 rings (SSSR count). The molecule has 2 heterocycles. The lowest BCUT2D eigenvalue weighted by molar-refractivity contribution is 0.000280. The van der Waals surface area contributed by atoms with Crippen LogP contribution in [0.15, 0.2) is 24.3 Å². The van der Waals surface area contributed by atoms with Crippen LogP contribution in [0.25, 0.3) is 11.3 Å². The Morgan fingerprint density at radius 2 is 2.27 bits per heavy atom. The number of rotatable bonds is 5. The Morgan fingerprint density at radius 1 is 1.41 bits per heavy atom. The minimum absolute atomic E-state index is 0.0413. The summed E-state index contributed by atoms with van der Waals surface area (Å²) in [7, 11) is 1.62. The summed E-state index contributed by atoms with van der Waals surface area (Å²) in [5.74, 6) is 1.83. The number of morpholine rings is 1. The summed E-state index contributed by atoms with van der Waals surface area (Å²) >= 11 is 0. The Labute approximate surface area is 128 Å². The zero-order chi connectivity index (χ0) is 15.4. The molecule has 1 aliphatic rings. The van der Waals surface area contributed by atoms with Gasteiger partial charge in [0.05, 0.1) is 25.0 Å². The molecule has 4 N–H and O–H groups in total. The molecule has 0 spiro atoms. The summed E-state index contributed by atoms with van der Waals surface area (Å²) in [5, 5.41) is 10.1. The standard InChI is InChI=1S/C15H20N4O3/c1-20-12-3-2-4-13(15(12)11-7-14(16)19-18-11)22-9-10-8-17-5-6-21-10/h2-4,7,10,17H,5-6,8-9H2,1H3,(H3,16,18,19)/t10-/m0/s1. The van der Waals surface area contributed by atoms with E-state index in [1.165, 1.54) is 0 Å². The summed E-state index contributed by atoms with van der Waals surface area (Å²) < 4.78 is 17.0. The first kappa shape index (κ1) is 14.7. The highest BCUT2D eigenvalue weighted by atomic mass is 16.5. The van der Waals surface area contributed by atoms with Crippen molar-refractivity contribution >= 4 is 5.82 Å². The predicted octanol–water partition coefficient (Wildman–Crippen LogP) is 1.03. The number of anilines is 1. The van der Waals surface area contributed by atoms with Gasteiger partial charge in [-0.25, -0.2) is 0 Å². The van der Waals surface area contributed by atoms with Gasteiger partial charge in [-0.2, -0.15) is 5.10 Å². The van der Waals surface area contributed by atoms with E-state index >= 15 is 0 Å². The van der Waals surface area contributed by atoms with Crippen LogP contribution in [0.4, 0.5) is 5.82 Å². The van der Waals surface area contributed by atoms with E-state index in [9.17, 15) is 0 Å². The van der Waals surface area contributed by atoms with Gasteiger partial charge in [-0.1, -0.05) is 6.07 Å². The highest BCUT2D eigenvalue weighted by molar-refractivity contribution is 5.75. The Hall–Kier alpha value is -2.25. The van der Waals surface area contributed by atoms with E-state index in [-0.39, 0.29) is 6.10 Å². The molecule has 1 saturated heterocycles. The molecule has 0 aliphatic carbocycles. The first-order valence-electron chi connectivity index (χ1n) is 7.21. The maximum atomic E-state index is 5.95. The average molecular weight is 304 g/mol. The van der Waals surface area contributed by atoms with Crippen molar-refractivity contribution in [2.45, 2.75) is 6.10 Å². The Balaban J connectivity index is 1.83. The maximum Gasteiger partial charge on any atom is 0.145 e. The lowest BCUT2D eigenvalue weighted by Crippen LogP contribution is -2.41. The van der Waals surface area contributed by atoms with Gasteiger partial charge in [-0.05, 0) is 12.1 Å². The van der Waals surface area contributed by atoms with Gasteiger partial charge in [0, 0.05) is 19.2 Å². The normalized spacial score (nSPS) is 18.1. The highest BCUT2D eigenvalue weighted by Gasteiger charge is 2.18. The summed E-state index contributed by atoms with van der Waals surface area (Å²) in [6.45, 7) is 2.84. The summed E-state index contributed by atoms with van der Waals surface area (Å²) in [6, 6.07) is 7.41. The summed E-state index contributed by atoms with van der Waals surface area (Å²) in [4.78, 5) is 0. The van der Waals surface area contributed by atoms with Gasteiger partial charge in [-0.15, -0.1) is 0 Å². The van der Waals surface area contributed by atoms with Crippen LogP contribution in [-0.2, 0) is 4.74 Å². The van der Waals surface area contributed by atoms with Crippen molar-refractivity contribution in [3.8, 4) is 22.8 Å². The van der Waals surface area contributed by atoms with E-state index < -0.39 is 0 Å². The molecule has 0 amide bonds. The van der Waals surface area contributed by atoms with Crippen molar-refractivity contribution in [2.75, 3.05) is 39.1 Å². The van der Waals surface area contributed by atoms with Crippen molar-refractivity contribution in [1.82, 2.24) is 15.5 Å². The topological polar surface area (TPSA) is 94.4 Å². The average Bonchev–Trinajstić information content (AvgIpc) is 2.99. The number of methoxy groups -OCH3 is 1. The number of hydrogen-bond acceptors (Lipinski definition) is 6. The van der Waals surface area contributed by atoms with Crippen LogP contribution in [-0.4, -0.2) is 49.7 Å². The van der Waals surface area contributed by atoms with Gasteiger partial charge in [0.15, 0.2) is 0 Å². The van der Waals surface area contributed by atoms with Crippen LogP contribution in [0.3, 0.4) is 0 Å². The minimum atomic E-state index is 0.0413. The third kappa shape index (κ3) is 3.15. The first-order valence-corrected chi connectivity index (χ1v) is 7.21. The molecule has 1 atom stereocenters. The van der Waals surface area contributed by atoms with Crippen LogP contribution in [0.2, 0.25) is 0 Å². The van der Waals surface area contributed by atoms with Crippen LogP contribution in [0.1, 0.15) is 0 Å². The maximum absolute atomic E-state index is 5.95. The van der Waals surface area contributed by atoms with Gasteiger partial charge in [-0.3, -0.25) is 5.10 Å². The molecule has 1 aromatic heterocycles. The molecule has 1 aromatic carbocycles. The zero-order valence-corrected chi connectivity index (χ0v) is 12.5. The fourth-order valence-electron chi connectivity index (χ4n) is 2.44. The number of nitrogens with two attached hydrogens (primary N) is 1. The molecule has 0 unspecified atom stereocenters. The van der Waals surface area contributed by atoms with E-state index in [1.54, 1.807) is 13.2 Å². The van der Waals surface area contributed by atoms with Crippen molar-refractivity contribution in [2.24, 2.45) is 0 Å². The van der Waals surface area contributed by atoms with E-state index in [0.29, 0.717) is 30.5 Å². The van der Waals surface area contributed by atoms with Crippen LogP contribution >= 0.6 is 0 Å². The van der Waals surface area contributed by atoms with Crippen molar-refractivity contribution in [3.63, 3.8) is 0 Å². The van der Waals surface area contributed by atoms with Gasteiger partial charge >= 0.3 is 0 Å². The second-order valence-electron chi connectivity index (χ2n) is 5.05. The van der Waals surface area contributed by atoms with E-state index in [2.05, 4.69) is 15.5 Å². The second kappa shape index (κ2) is 6.67. The molecular formula is C15H20N4O3. The largest absolute Gasteiger partial charge is 0.496 e. The Bertz CT molecular complexity index is 623. The monoisotopic (exact) mass is 304 g/mol. The molecule has 2 aromatic rings. The predicted molar refractivity (Wildman–Crippen MR) is 83.1 cm³/mol. The molecular weight excluding hydrogens is 284 g/mol. The van der Waals surface area contributed by atoms with Crippen LogP contribution in [0, 0.1) is 0 Å². The van der Waals surface area contributed by atoms with Gasteiger partial charge in [0.2, 0.25) is 0 Å². The van der Waals surface area contributed by atoms with Gasteiger partial charge in [0.25, 0.3) is 0 Å². The van der Waals surface area contributed by atoms with Crippen molar-refractivity contribution < 1.29 is 14.2 Å². The third-order valence-electron chi connectivity index (χ3n) is 3.50. The highest BCUT2D eigenvalue weighted by Crippen LogP contribution is 2.37. The summed E-state index contributed by atoms with van der Waals surface area (Å²) in [5.41, 5.74) is 7.26. The fraction of sp³-hybridized carbons (Fsp3) is 0.400. The quantitative estimate of drug-likeness (QED) is 0.764. The number of nitrogens with zero attached hydrogens (tertiary/aromatic N) is 1. The fourth-order valence-corrected chi connectivity index (χ4v) is 2.44. The third-order valence-corrected chi connectivity index (χ3v) is 3.50. The Kier molecular flexibility index (Phi) is 4.45. The van der Waals surface area contributed by atoms with Gasteiger partial charge in [0.1, 0.15) is 30.0 Å². The minimum Gasteiger partial charge on any atom is -0.496 e. The van der Waals surface area contributed by atoms with E-state index in [4.69, 9.17) is 19.9 Å². The summed E-state index contributed by atoms with van der Waals surface area (Å²) in [6.07, 6.45) is 0.0413. The number of ether oxygens (including phenoxy) is 3. The van der Waals surface area contributed by atoms with Gasteiger partial charge < -0.3 is 25.3 Å². The van der Waals surface area contributed by atoms with Crippen molar-refractivity contribution in [3.05, 3.63) is 24.3 Å². The molecule has 118 valence electrons. The number of nitrogens with one attached hydrogen (secondary N) is 2. The number of H-pyrrole nitrogens is 1. The molecule has 22 heavy (non-hydrogen) atoms. The van der Waals surface area contributed by atoms with E-state index in [1.807, 2.05) is 18.2 Å². The lowest BCUT2D eigenvalue weighted by atomic mass is 10.1. The van der Waals surface area contributed by atoms with Crippen LogP contribution < -0.4 is 20.5 Å². The molecule has 7 heteroatoms. The zero-order valence-electron chi connectivity index (χ0n) is 12.5. The molecule has 0 saturated carbocycles.